The third-order valence-electron chi connectivity index (χ3n) is 3.85. The fraction of sp³-hybridized carbons (Fsp3) is 0.562. The summed E-state index contributed by atoms with van der Waals surface area (Å²) in [6, 6.07) is 5.04. The molecule has 1 aromatic rings. The van der Waals surface area contributed by atoms with Crippen LogP contribution in [0.15, 0.2) is 12.1 Å². The lowest BCUT2D eigenvalue weighted by Crippen LogP contribution is -2.22. The molecule has 114 valence electrons. The Balaban J connectivity index is 1.59. The number of ether oxygens (including phenoxy) is 2. The maximum atomic E-state index is 11.0. The Bertz CT molecular complexity index is 517. The minimum atomic E-state index is -0.362. The molecule has 0 bridgehead atoms. The minimum absolute atomic E-state index is 0.201. The first-order valence-corrected chi connectivity index (χ1v) is 7.52. The van der Waals surface area contributed by atoms with Crippen molar-refractivity contribution in [2.45, 2.75) is 45.4 Å². The standard InChI is InChI=1S/C16H22N2O3/c1-10-5-12(7-17-13-3-4-13)6-11(2)15(10)20-9-14-8-18-16(19)21-14/h5-6,13-14,17H,3-4,7-9H2,1-2H3,(H,18,19). The van der Waals surface area contributed by atoms with Crippen LogP contribution < -0.4 is 15.4 Å². The van der Waals surface area contributed by atoms with Gasteiger partial charge >= 0.3 is 6.09 Å². The molecule has 1 heterocycles. The average molecular weight is 290 g/mol. The van der Waals surface area contributed by atoms with E-state index in [-0.39, 0.29) is 12.2 Å². The summed E-state index contributed by atoms with van der Waals surface area (Å²) in [5.41, 5.74) is 3.54. The molecule has 1 aromatic carbocycles. The fourth-order valence-electron chi connectivity index (χ4n) is 2.62. The van der Waals surface area contributed by atoms with E-state index in [0.29, 0.717) is 19.2 Å². The zero-order valence-corrected chi connectivity index (χ0v) is 12.6. The summed E-state index contributed by atoms with van der Waals surface area (Å²) >= 11 is 0. The number of carbonyl (C=O) groups is 1. The first-order chi connectivity index (χ1) is 10.1. The number of cyclic esters (lactones) is 1. The molecule has 2 aliphatic rings. The Morgan fingerprint density at radius 3 is 2.62 bits per heavy atom. The summed E-state index contributed by atoms with van der Waals surface area (Å²) in [7, 11) is 0. The van der Waals surface area contributed by atoms with Gasteiger partial charge in [-0.1, -0.05) is 12.1 Å². The molecule has 0 spiro atoms. The molecular weight excluding hydrogens is 268 g/mol. The SMILES string of the molecule is Cc1cc(CNC2CC2)cc(C)c1OCC1CNC(=O)O1. The second-order valence-corrected chi connectivity index (χ2v) is 5.93. The third kappa shape index (κ3) is 3.67. The van der Waals surface area contributed by atoms with E-state index < -0.39 is 0 Å². The van der Waals surface area contributed by atoms with Crippen LogP contribution in [0.25, 0.3) is 0 Å². The predicted octanol–water partition coefficient (Wildman–Crippen LogP) is 2.04. The molecule has 5 heteroatoms. The summed E-state index contributed by atoms with van der Waals surface area (Å²) in [6.07, 6.45) is 2.03. The first kappa shape index (κ1) is 14.2. The van der Waals surface area contributed by atoms with Crippen molar-refractivity contribution < 1.29 is 14.3 Å². The molecule has 0 radical (unpaired) electrons. The van der Waals surface area contributed by atoms with E-state index in [4.69, 9.17) is 9.47 Å². The number of nitrogens with one attached hydrogen (secondary N) is 2. The number of alkyl carbamates (subject to hydrolysis) is 1. The van der Waals surface area contributed by atoms with Crippen molar-refractivity contribution in [3.63, 3.8) is 0 Å². The zero-order valence-electron chi connectivity index (χ0n) is 12.6. The minimum Gasteiger partial charge on any atom is -0.489 e. The molecule has 1 unspecified atom stereocenters. The maximum Gasteiger partial charge on any atom is 0.407 e. The Morgan fingerprint density at radius 1 is 1.33 bits per heavy atom. The fourth-order valence-corrected chi connectivity index (χ4v) is 2.62. The van der Waals surface area contributed by atoms with Crippen LogP contribution in [0.2, 0.25) is 0 Å². The molecule has 1 amide bonds. The monoisotopic (exact) mass is 290 g/mol. The van der Waals surface area contributed by atoms with E-state index in [2.05, 4.69) is 36.6 Å². The first-order valence-electron chi connectivity index (χ1n) is 7.52. The van der Waals surface area contributed by atoms with Gasteiger partial charge in [0.05, 0.1) is 6.54 Å². The second-order valence-electron chi connectivity index (χ2n) is 5.93. The van der Waals surface area contributed by atoms with Gasteiger partial charge < -0.3 is 20.1 Å². The van der Waals surface area contributed by atoms with Crippen molar-refractivity contribution >= 4 is 6.09 Å². The van der Waals surface area contributed by atoms with Crippen molar-refractivity contribution in [1.82, 2.24) is 10.6 Å². The quantitative estimate of drug-likeness (QED) is 0.842. The largest absolute Gasteiger partial charge is 0.489 e. The topological polar surface area (TPSA) is 59.6 Å². The van der Waals surface area contributed by atoms with E-state index in [0.717, 1.165) is 23.4 Å². The van der Waals surface area contributed by atoms with Gasteiger partial charge in [-0.25, -0.2) is 4.79 Å². The summed E-state index contributed by atoms with van der Waals surface area (Å²) in [4.78, 5) is 11.0. The van der Waals surface area contributed by atoms with Gasteiger partial charge in [0.2, 0.25) is 0 Å². The highest BCUT2D eigenvalue weighted by Crippen LogP contribution is 2.26. The summed E-state index contributed by atoms with van der Waals surface area (Å²) in [5.74, 6) is 0.896. The van der Waals surface area contributed by atoms with Crippen molar-refractivity contribution in [1.29, 1.82) is 0 Å². The summed E-state index contributed by atoms with van der Waals surface area (Å²) in [6.45, 7) is 5.93. The number of aryl methyl sites for hydroxylation is 2. The van der Waals surface area contributed by atoms with Crippen molar-refractivity contribution in [3.8, 4) is 5.75 Å². The van der Waals surface area contributed by atoms with Crippen LogP contribution in [-0.2, 0) is 11.3 Å². The lowest BCUT2D eigenvalue weighted by atomic mass is 10.1. The Morgan fingerprint density at radius 2 is 2.05 bits per heavy atom. The van der Waals surface area contributed by atoms with Gasteiger partial charge in [-0.15, -0.1) is 0 Å². The molecule has 5 nitrogen and oxygen atoms in total. The molecule has 3 rings (SSSR count). The van der Waals surface area contributed by atoms with Gasteiger partial charge in [-0.05, 0) is 43.4 Å². The molecule has 1 saturated carbocycles. The lowest BCUT2D eigenvalue weighted by Gasteiger charge is -2.16. The number of hydrogen-bond acceptors (Lipinski definition) is 4. The number of carbonyl (C=O) groups excluding carboxylic acids is 1. The van der Waals surface area contributed by atoms with Crippen molar-refractivity contribution in [2.75, 3.05) is 13.2 Å². The molecule has 1 saturated heterocycles. The Labute approximate surface area is 125 Å². The van der Waals surface area contributed by atoms with E-state index in [1.54, 1.807) is 0 Å². The number of hydrogen-bond donors (Lipinski definition) is 2. The van der Waals surface area contributed by atoms with Gasteiger partial charge in [-0.2, -0.15) is 0 Å². The van der Waals surface area contributed by atoms with Crippen LogP contribution in [0.1, 0.15) is 29.5 Å². The van der Waals surface area contributed by atoms with Gasteiger partial charge in [0.1, 0.15) is 12.4 Å². The highest BCUT2D eigenvalue weighted by molar-refractivity contribution is 5.69. The molecule has 21 heavy (non-hydrogen) atoms. The molecular formula is C16H22N2O3. The molecule has 1 atom stereocenters. The van der Waals surface area contributed by atoms with Gasteiger partial charge in [-0.3, -0.25) is 0 Å². The van der Waals surface area contributed by atoms with Gasteiger partial charge in [0.25, 0.3) is 0 Å². The van der Waals surface area contributed by atoms with Crippen LogP contribution in [0, 0.1) is 13.8 Å². The van der Waals surface area contributed by atoms with Crippen LogP contribution in [0.5, 0.6) is 5.75 Å². The van der Waals surface area contributed by atoms with Crippen LogP contribution in [0.3, 0.4) is 0 Å². The Kier molecular flexibility index (Phi) is 4.01. The summed E-state index contributed by atoms with van der Waals surface area (Å²) < 4.78 is 10.9. The predicted molar refractivity (Wildman–Crippen MR) is 79.5 cm³/mol. The highest BCUT2D eigenvalue weighted by Gasteiger charge is 2.23. The molecule has 0 aromatic heterocycles. The molecule has 2 N–H and O–H groups in total. The van der Waals surface area contributed by atoms with Crippen LogP contribution in [-0.4, -0.2) is 31.4 Å². The number of amides is 1. The van der Waals surface area contributed by atoms with Crippen molar-refractivity contribution in [2.24, 2.45) is 0 Å². The molecule has 1 aliphatic heterocycles. The summed E-state index contributed by atoms with van der Waals surface area (Å²) in [5, 5.41) is 6.15. The number of rotatable bonds is 6. The molecule has 2 fully saturated rings. The van der Waals surface area contributed by atoms with E-state index >= 15 is 0 Å². The van der Waals surface area contributed by atoms with Crippen LogP contribution >= 0.6 is 0 Å². The van der Waals surface area contributed by atoms with E-state index in [1.165, 1.54) is 18.4 Å². The van der Waals surface area contributed by atoms with Crippen LogP contribution in [0.4, 0.5) is 4.79 Å². The Hall–Kier alpha value is -1.75. The number of benzene rings is 1. The second kappa shape index (κ2) is 5.93. The van der Waals surface area contributed by atoms with Crippen molar-refractivity contribution in [3.05, 3.63) is 28.8 Å². The maximum absolute atomic E-state index is 11.0. The van der Waals surface area contributed by atoms with E-state index in [1.807, 2.05) is 0 Å². The third-order valence-corrected chi connectivity index (χ3v) is 3.85. The highest BCUT2D eigenvalue weighted by atomic mass is 16.6. The lowest BCUT2D eigenvalue weighted by molar-refractivity contribution is 0.104. The smallest absolute Gasteiger partial charge is 0.407 e. The van der Waals surface area contributed by atoms with Gasteiger partial charge in [0, 0.05) is 12.6 Å². The average Bonchev–Trinajstić information content (AvgIpc) is 3.17. The van der Waals surface area contributed by atoms with Gasteiger partial charge in [0.15, 0.2) is 6.10 Å². The normalized spacial score (nSPS) is 21.0. The zero-order chi connectivity index (χ0) is 14.8. The molecule has 1 aliphatic carbocycles. The van der Waals surface area contributed by atoms with E-state index in [9.17, 15) is 4.79 Å².